The average Bonchev–Trinajstić information content (AvgIpc) is 2.86. The highest BCUT2D eigenvalue weighted by atomic mass is 32.2. The lowest BCUT2D eigenvalue weighted by Gasteiger charge is -2.54. The Kier molecular flexibility index (Phi) is 4.40. The number of rotatable bonds is 5. The summed E-state index contributed by atoms with van der Waals surface area (Å²) in [5, 5.41) is 0. The summed E-state index contributed by atoms with van der Waals surface area (Å²) < 4.78 is 29.0. The predicted octanol–water partition coefficient (Wildman–Crippen LogP) is 1.72. The summed E-state index contributed by atoms with van der Waals surface area (Å²) in [5.74, 6) is 3.48. The van der Waals surface area contributed by atoms with E-state index >= 15 is 0 Å². The second kappa shape index (κ2) is 6.27. The molecule has 1 amide bonds. The van der Waals surface area contributed by atoms with Crippen molar-refractivity contribution in [1.29, 1.82) is 0 Å². The van der Waals surface area contributed by atoms with Crippen LogP contribution in [0.5, 0.6) is 0 Å². The summed E-state index contributed by atoms with van der Waals surface area (Å²) in [5.41, 5.74) is 0. The van der Waals surface area contributed by atoms with Gasteiger partial charge in [-0.15, -0.1) is 0 Å². The molecule has 1 saturated heterocycles. The van der Waals surface area contributed by atoms with Gasteiger partial charge in [-0.1, -0.05) is 0 Å². The van der Waals surface area contributed by atoms with Gasteiger partial charge in [0.05, 0.1) is 18.1 Å². The Bertz CT molecular complexity index is 574. The largest absolute Gasteiger partial charge is 0.383 e. The van der Waals surface area contributed by atoms with Crippen molar-refractivity contribution in [2.45, 2.75) is 44.6 Å². The maximum atomic E-state index is 13.4. The van der Waals surface area contributed by atoms with Crippen LogP contribution < -0.4 is 0 Å². The van der Waals surface area contributed by atoms with Crippen molar-refractivity contribution in [2.24, 2.45) is 29.6 Å². The van der Waals surface area contributed by atoms with E-state index in [0.29, 0.717) is 31.4 Å². The summed E-state index contributed by atoms with van der Waals surface area (Å²) in [6, 6.07) is -0.144. The van der Waals surface area contributed by atoms with Crippen molar-refractivity contribution in [3.63, 3.8) is 0 Å². The van der Waals surface area contributed by atoms with Crippen LogP contribution in [-0.4, -0.2) is 57.0 Å². The predicted molar refractivity (Wildman–Crippen MR) is 91.2 cm³/mol. The SMILES string of the molecule is COCCN(C(=O)C1C2CC3CC(C2)CC1C3)C1CCS(=O)(=O)C1. The number of hydrogen-bond acceptors (Lipinski definition) is 4. The van der Waals surface area contributed by atoms with Gasteiger partial charge in [0.15, 0.2) is 9.84 Å². The number of nitrogens with zero attached hydrogens (tertiary/aromatic N) is 1. The number of hydrogen-bond donors (Lipinski definition) is 0. The summed E-state index contributed by atoms with van der Waals surface area (Å²) in [6.07, 6.45) is 6.82. The quantitative estimate of drug-likeness (QED) is 0.753. The molecule has 4 bridgehead atoms. The molecule has 0 N–H and O–H groups in total. The Balaban J connectivity index is 1.53. The zero-order chi connectivity index (χ0) is 16.9. The number of amides is 1. The maximum absolute atomic E-state index is 13.4. The third-order valence-electron chi connectivity index (χ3n) is 6.98. The van der Waals surface area contributed by atoms with E-state index in [0.717, 1.165) is 11.8 Å². The first-order valence-corrected chi connectivity index (χ1v) is 11.3. The van der Waals surface area contributed by atoms with E-state index < -0.39 is 9.84 Å². The Morgan fingerprint density at radius 3 is 2.21 bits per heavy atom. The molecule has 1 unspecified atom stereocenters. The van der Waals surface area contributed by atoms with Gasteiger partial charge in [0.2, 0.25) is 5.91 Å². The monoisotopic (exact) mass is 355 g/mol. The second-order valence-electron chi connectivity index (χ2n) is 8.54. The molecule has 0 radical (unpaired) electrons. The van der Waals surface area contributed by atoms with Crippen molar-refractivity contribution in [2.75, 3.05) is 31.8 Å². The van der Waals surface area contributed by atoms with Gasteiger partial charge in [-0.3, -0.25) is 4.79 Å². The Hall–Kier alpha value is -0.620. The number of ether oxygens (including phenoxy) is 1. The highest BCUT2D eigenvalue weighted by molar-refractivity contribution is 7.91. The van der Waals surface area contributed by atoms with Crippen LogP contribution in [0.15, 0.2) is 0 Å². The maximum Gasteiger partial charge on any atom is 0.226 e. The van der Waals surface area contributed by atoms with Gasteiger partial charge in [0.25, 0.3) is 0 Å². The molecule has 4 aliphatic carbocycles. The number of carbonyl (C=O) groups excluding carboxylic acids is 1. The first kappa shape index (κ1) is 16.8. The van der Waals surface area contributed by atoms with E-state index in [9.17, 15) is 13.2 Å². The molecular formula is C18H29NO4S. The van der Waals surface area contributed by atoms with E-state index in [1.165, 1.54) is 32.1 Å². The van der Waals surface area contributed by atoms with Crippen LogP contribution >= 0.6 is 0 Å². The molecule has 0 aromatic carbocycles. The molecule has 0 aromatic heterocycles. The van der Waals surface area contributed by atoms with E-state index in [-0.39, 0.29) is 29.4 Å². The van der Waals surface area contributed by atoms with Gasteiger partial charge < -0.3 is 9.64 Å². The molecule has 136 valence electrons. The van der Waals surface area contributed by atoms with Crippen LogP contribution in [0.25, 0.3) is 0 Å². The molecule has 6 heteroatoms. The molecular weight excluding hydrogens is 326 g/mol. The van der Waals surface area contributed by atoms with Crippen molar-refractivity contribution < 1.29 is 17.9 Å². The molecule has 5 fully saturated rings. The molecule has 4 saturated carbocycles. The molecule has 0 aromatic rings. The third kappa shape index (κ3) is 3.00. The Labute approximate surface area is 145 Å². The lowest BCUT2D eigenvalue weighted by molar-refractivity contribution is -0.151. The minimum Gasteiger partial charge on any atom is -0.383 e. The average molecular weight is 356 g/mol. The minimum atomic E-state index is -2.98. The molecule has 5 rings (SSSR count). The van der Waals surface area contributed by atoms with Gasteiger partial charge in [0, 0.05) is 25.6 Å². The Morgan fingerprint density at radius 1 is 1.08 bits per heavy atom. The van der Waals surface area contributed by atoms with Crippen molar-refractivity contribution in [3.8, 4) is 0 Å². The smallest absolute Gasteiger partial charge is 0.226 e. The molecule has 5 nitrogen and oxygen atoms in total. The molecule has 24 heavy (non-hydrogen) atoms. The van der Waals surface area contributed by atoms with E-state index in [4.69, 9.17) is 4.74 Å². The first-order chi connectivity index (χ1) is 11.5. The fourth-order valence-electron chi connectivity index (χ4n) is 6.20. The lowest BCUT2D eigenvalue weighted by Crippen LogP contribution is -2.54. The van der Waals surface area contributed by atoms with Gasteiger partial charge >= 0.3 is 0 Å². The van der Waals surface area contributed by atoms with Gasteiger partial charge in [0.1, 0.15) is 0 Å². The summed E-state index contributed by atoms with van der Waals surface area (Å²) in [4.78, 5) is 15.3. The first-order valence-electron chi connectivity index (χ1n) is 9.46. The Morgan fingerprint density at radius 2 is 1.71 bits per heavy atom. The lowest BCUT2D eigenvalue weighted by atomic mass is 9.51. The summed E-state index contributed by atoms with van der Waals surface area (Å²) in [6.45, 7) is 1.01. The van der Waals surface area contributed by atoms with E-state index in [1.807, 2.05) is 4.90 Å². The zero-order valence-corrected chi connectivity index (χ0v) is 15.3. The van der Waals surface area contributed by atoms with Crippen molar-refractivity contribution >= 4 is 15.7 Å². The molecule has 5 aliphatic rings. The second-order valence-corrected chi connectivity index (χ2v) is 10.8. The van der Waals surface area contributed by atoms with Crippen LogP contribution in [0.2, 0.25) is 0 Å². The molecule has 1 heterocycles. The van der Waals surface area contributed by atoms with Crippen LogP contribution in [-0.2, 0) is 19.4 Å². The number of carbonyl (C=O) groups is 1. The third-order valence-corrected chi connectivity index (χ3v) is 8.73. The standard InChI is InChI=1S/C18H29NO4S/c1-23-4-3-19(16-2-5-24(21,22)11-16)18(20)17-14-7-12-6-13(9-14)10-15(17)8-12/h12-17H,2-11H2,1H3. The van der Waals surface area contributed by atoms with E-state index in [1.54, 1.807) is 7.11 Å². The zero-order valence-electron chi connectivity index (χ0n) is 14.5. The molecule has 1 atom stereocenters. The van der Waals surface area contributed by atoms with Gasteiger partial charge in [-0.2, -0.15) is 0 Å². The number of sulfone groups is 1. The van der Waals surface area contributed by atoms with E-state index in [2.05, 4.69) is 0 Å². The van der Waals surface area contributed by atoms with Gasteiger partial charge in [-0.05, 0) is 62.2 Å². The number of methoxy groups -OCH3 is 1. The topological polar surface area (TPSA) is 63.7 Å². The van der Waals surface area contributed by atoms with Crippen LogP contribution in [0.3, 0.4) is 0 Å². The summed E-state index contributed by atoms with van der Waals surface area (Å²) in [7, 11) is -1.35. The summed E-state index contributed by atoms with van der Waals surface area (Å²) >= 11 is 0. The van der Waals surface area contributed by atoms with Crippen molar-refractivity contribution in [3.05, 3.63) is 0 Å². The fraction of sp³-hybridized carbons (Fsp3) is 0.944. The van der Waals surface area contributed by atoms with Crippen LogP contribution in [0.4, 0.5) is 0 Å². The van der Waals surface area contributed by atoms with Crippen LogP contribution in [0.1, 0.15) is 38.5 Å². The minimum absolute atomic E-state index is 0.135. The molecule has 0 spiro atoms. The fourth-order valence-corrected chi connectivity index (χ4v) is 7.93. The normalized spacial score (nSPS) is 42.4. The van der Waals surface area contributed by atoms with Crippen LogP contribution in [0, 0.1) is 29.6 Å². The highest BCUT2D eigenvalue weighted by Gasteiger charge is 2.52. The molecule has 1 aliphatic heterocycles. The van der Waals surface area contributed by atoms with Gasteiger partial charge in [-0.25, -0.2) is 8.42 Å². The van der Waals surface area contributed by atoms with Crippen molar-refractivity contribution in [1.82, 2.24) is 4.90 Å². The highest BCUT2D eigenvalue weighted by Crippen LogP contribution is 2.57.